The van der Waals surface area contributed by atoms with Gasteiger partial charge >= 0.3 is 0 Å². The van der Waals surface area contributed by atoms with Crippen molar-refractivity contribution < 1.29 is 8.82 Å². The molecule has 0 unspecified atom stereocenters. The predicted octanol–water partition coefficient (Wildman–Crippen LogP) is 7.66. The number of benzene rings is 2. The third kappa shape index (κ3) is 4.50. The first-order chi connectivity index (χ1) is 14.0. The van der Waals surface area contributed by atoms with Gasteiger partial charge in [0.25, 0.3) is 0 Å². The molecule has 30 heavy (non-hydrogen) atoms. The van der Waals surface area contributed by atoms with E-state index >= 15 is 0 Å². The summed E-state index contributed by atoms with van der Waals surface area (Å²) >= 11 is 7.84. The Labute approximate surface area is 187 Å². The third-order valence-corrected chi connectivity index (χ3v) is 11.4. The fraction of sp³-hybridized carbons (Fsp3) is 0.304. The van der Waals surface area contributed by atoms with Gasteiger partial charge in [-0.25, -0.2) is 9.37 Å². The number of thiazole rings is 1. The summed E-state index contributed by atoms with van der Waals surface area (Å²) in [5.74, 6) is -0.542. The summed E-state index contributed by atoms with van der Waals surface area (Å²) < 4.78 is 20.8. The van der Waals surface area contributed by atoms with Gasteiger partial charge in [-0.2, -0.15) is 5.26 Å². The van der Waals surface area contributed by atoms with Gasteiger partial charge in [0.05, 0.1) is 22.6 Å². The van der Waals surface area contributed by atoms with Crippen LogP contribution >= 0.6 is 22.9 Å². The zero-order valence-corrected chi connectivity index (χ0v) is 20.3. The molecule has 0 aliphatic rings. The molecule has 0 saturated carbocycles. The van der Waals surface area contributed by atoms with Gasteiger partial charge in [-0.15, -0.1) is 11.3 Å². The lowest BCUT2D eigenvalue weighted by atomic mass is 9.94. The molecular weight excluding hydrogens is 435 g/mol. The molecule has 0 radical (unpaired) electrons. The van der Waals surface area contributed by atoms with E-state index in [1.807, 2.05) is 24.3 Å². The minimum Gasteiger partial charge on any atom is -0.413 e. The average Bonchev–Trinajstić information content (AvgIpc) is 3.10. The maximum Gasteiger partial charge on any atom is 0.192 e. The highest BCUT2D eigenvalue weighted by atomic mass is 35.5. The summed E-state index contributed by atoms with van der Waals surface area (Å²) in [5, 5.41) is 9.55. The Kier molecular flexibility index (Phi) is 6.49. The van der Waals surface area contributed by atoms with E-state index < -0.39 is 14.1 Å². The van der Waals surface area contributed by atoms with Crippen LogP contribution in [0.3, 0.4) is 0 Å². The highest BCUT2D eigenvalue weighted by molar-refractivity contribution is 7.14. The van der Waals surface area contributed by atoms with Gasteiger partial charge in [0.15, 0.2) is 8.32 Å². The molecule has 1 aromatic heterocycles. The standard InChI is InChI=1S/C23H24ClFN2OSSi/c1-23(2,3)30(4,5)28-13-17-7-6-8-18(20(17)21-22(24)27-14-29-21)15-9-10-16(12-26)19(25)11-15/h6-11,14H,13H2,1-5H3. The lowest BCUT2D eigenvalue weighted by Crippen LogP contribution is -2.40. The van der Waals surface area contributed by atoms with Crippen molar-refractivity contribution in [3.05, 3.63) is 64.0 Å². The lowest BCUT2D eigenvalue weighted by Gasteiger charge is -2.36. The van der Waals surface area contributed by atoms with Crippen LogP contribution in [0.2, 0.25) is 23.3 Å². The van der Waals surface area contributed by atoms with Crippen molar-refractivity contribution in [2.75, 3.05) is 0 Å². The predicted molar refractivity (Wildman–Crippen MR) is 125 cm³/mol. The van der Waals surface area contributed by atoms with E-state index in [1.165, 1.54) is 23.5 Å². The van der Waals surface area contributed by atoms with Gasteiger partial charge in [-0.1, -0.05) is 56.6 Å². The molecule has 1 heterocycles. The molecule has 0 amide bonds. The summed E-state index contributed by atoms with van der Waals surface area (Å²) in [5.41, 5.74) is 5.11. The van der Waals surface area contributed by atoms with Crippen molar-refractivity contribution in [1.29, 1.82) is 5.26 Å². The molecule has 0 saturated heterocycles. The fourth-order valence-corrected chi connectivity index (χ4v) is 4.93. The lowest BCUT2D eigenvalue weighted by molar-refractivity contribution is 0.277. The normalized spacial score (nSPS) is 12.1. The largest absolute Gasteiger partial charge is 0.413 e. The topological polar surface area (TPSA) is 45.9 Å². The molecule has 3 nitrogen and oxygen atoms in total. The highest BCUT2D eigenvalue weighted by Crippen LogP contribution is 2.42. The molecule has 2 aromatic carbocycles. The van der Waals surface area contributed by atoms with Crippen LogP contribution in [0.1, 0.15) is 31.9 Å². The van der Waals surface area contributed by atoms with E-state index in [9.17, 15) is 4.39 Å². The number of hydrogen-bond donors (Lipinski definition) is 0. The second-order valence-electron chi connectivity index (χ2n) is 8.67. The first-order valence-corrected chi connectivity index (χ1v) is 13.8. The maximum atomic E-state index is 14.3. The Morgan fingerprint density at radius 2 is 1.97 bits per heavy atom. The number of rotatable bonds is 5. The summed E-state index contributed by atoms with van der Waals surface area (Å²) in [6, 6.07) is 12.4. The Morgan fingerprint density at radius 1 is 1.23 bits per heavy atom. The van der Waals surface area contributed by atoms with Crippen LogP contribution in [0.4, 0.5) is 4.39 Å². The van der Waals surface area contributed by atoms with Gasteiger partial charge in [0.2, 0.25) is 0 Å². The third-order valence-electron chi connectivity index (χ3n) is 5.70. The van der Waals surface area contributed by atoms with E-state index in [4.69, 9.17) is 21.3 Å². The minimum absolute atomic E-state index is 0.0218. The molecular formula is C23H24ClFN2OSSi. The molecule has 0 aliphatic carbocycles. The van der Waals surface area contributed by atoms with Gasteiger partial charge in [0.1, 0.15) is 17.0 Å². The number of nitriles is 1. The molecule has 0 atom stereocenters. The number of aromatic nitrogens is 1. The van der Waals surface area contributed by atoms with E-state index in [0.717, 1.165) is 21.6 Å². The fourth-order valence-electron chi connectivity index (χ4n) is 2.87. The number of halogens is 2. The summed E-state index contributed by atoms with van der Waals surface area (Å²) in [4.78, 5) is 5.02. The van der Waals surface area contributed by atoms with Gasteiger partial charge < -0.3 is 4.43 Å². The average molecular weight is 459 g/mol. The Morgan fingerprint density at radius 3 is 2.53 bits per heavy atom. The zero-order chi connectivity index (χ0) is 22.1. The van der Waals surface area contributed by atoms with Crippen molar-refractivity contribution in [1.82, 2.24) is 4.98 Å². The first kappa shape index (κ1) is 22.6. The van der Waals surface area contributed by atoms with E-state index in [2.05, 4.69) is 38.8 Å². The summed E-state index contributed by atoms with van der Waals surface area (Å²) in [7, 11) is -1.97. The van der Waals surface area contributed by atoms with Crippen LogP contribution in [0, 0.1) is 17.1 Å². The van der Waals surface area contributed by atoms with Crippen LogP contribution in [0.25, 0.3) is 21.6 Å². The maximum absolute atomic E-state index is 14.3. The van der Waals surface area contributed by atoms with E-state index in [0.29, 0.717) is 17.3 Å². The van der Waals surface area contributed by atoms with Crippen molar-refractivity contribution in [3.8, 4) is 27.6 Å². The van der Waals surface area contributed by atoms with Crippen molar-refractivity contribution >= 4 is 31.3 Å². The van der Waals surface area contributed by atoms with Crippen molar-refractivity contribution in [3.63, 3.8) is 0 Å². The molecule has 0 spiro atoms. The zero-order valence-electron chi connectivity index (χ0n) is 17.7. The smallest absolute Gasteiger partial charge is 0.192 e. The molecule has 3 aromatic rings. The summed E-state index contributed by atoms with van der Waals surface area (Å²) in [6.45, 7) is 11.5. The Hall–Kier alpha value is -2.04. The second kappa shape index (κ2) is 8.60. The van der Waals surface area contributed by atoms with Crippen LogP contribution < -0.4 is 0 Å². The van der Waals surface area contributed by atoms with Crippen molar-refractivity contribution in [2.45, 2.75) is 45.5 Å². The van der Waals surface area contributed by atoms with E-state index in [-0.39, 0.29) is 10.6 Å². The van der Waals surface area contributed by atoms with Crippen LogP contribution in [-0.4, -0.2) is 13.3 Å². The summed E-state index contributed by atoms with van der Waals surface area (Å²) in [6.07, 6.45) is 0. The van der Waals surface area contributed by atoms with Gasteiger partial charge in [-0.05, 0) is 47.0 Å². The van der Waals surface area contributed by atoms with Crippen molar-refractivity contribution in [2.24, 2.45) is 0 Å². The molecule has 0 fully saturated rings. The molecule has 0 aliphatic heterocycles. The molecule has 156 valence electrons. The Balaban J connectivity index is 2.13. The molecule has 3 rings (SSSR count). The second-order valence-corrected chi connectivity index (χ2v) is 14.7. The number of nitrogens with zero attached hydrogens (tertiary/aromatic N) is 2. The molecule has 0 N–H and O–H groups in total. The quantitative estimate of drug-likeness (QED) is 0.368. The van der Waals surface area contributed by atoms with Gasteiger partial charge in [-0.3, -0.25) is 0 Å². The Bertz CT molecular complexity index is 1120. The van der Waals surface area contributed by atoms with Crippen LogP contribution in [-0.2, 0) is 11.0 Å². The van der Waals surface area contributed by atoms with Crippen LogP contribution in [0.5, 0.6) is 0 Å². The van der Waals surface area contributed by atoms with E-state index in [1.54, 1.807) is 11.6 Å². The highest BCUT2D eigenvalue weighted by Gasteiger charge is 2.37. The van der Waals surface area contributed by atoms with Crippen LogP contribution in [0.15, 0.2) is 41.9 Å². The SMILES string of the molecule is CC(C)(C)[Si](C)(C)OCc1cccc(-c2ccc(C#N)c(F)c2)c1-c1scnc1Cl. The molecule has 0 bridgehead atoms. The van der Waals surface area contributed by atoms with Gasteiger partial charge in [0, 0.05) is 5.56 Å². The minimum atomic E-state index is -1.97. The monoisotopic (exact) mass is 458 g/mol. The number of hydrogen-bond acceptors (Lipinski definition) is 4. The molecule has 7 heteroatoms. The first-order valence-electron chi connectivity index (χ1n) is 9.60.